The van der Waals surface area contributed by atoms with Crippen molar-refractivity contribution >= 4 is 11.9 Å². The molecule has 0 saturated carbocycles. The van der Waals surface area contributed by atoms with Crippen LogP contribution in [0.4, 0.5) is 0 Å². The normalized spacial score (nSPS) is 11.2. The summed E-state index contributed by atoms with van der Waals surface area (Å²) in [6.07, 6.45) is 0.464. The fourth-order valence-corrected chi connectivity index (χ4v) is 2.36. The number of nitrogens with zero attached hydrogens (tertiary/aromatic N) is 4. The van der Waals surface area contributed by atoms with Gasteiger partial charge in [0.2, 0.25) is 5.91 Å². The molecule has 7 heteroatoms. The smallest absolute Gasteiger partial charge is 0.358 e. The number of carbonyl (C=O) groups excluding carboxylic acids is 1. The minimum Gasteiger partial charge on any atom is -0.476 e. The van der Waals surface area contributed by atoms with Gasteiger partial charge in [0.1, 0.15) is 6.54 Å². The first-order valence-corrected chi connectivity index (χ1v) is 6.76. The third kappa shape index (κ3) is 3.34. The van der Waals surface area contributed by atoms with Crippen molar-refractivity contribution in [2.75, 3.05) is 0 Å². The molecule has 20 heavy (non-hydrogen) atoms. The SMILES string of the molecule is CCc1c(C(=O)O)nnn1CC(=O)N(C(C)C)C(C)C. The number of aromatic carboxylic acids is 1. The van der Waals surface area contributed by atoms with Gasteiger partial charge in [-0.05, 0) is 34.1 Å². The zero-order valence-electron chi connectivity index (χ0n) is 12.6. The zero-order chi connectivity index (χ0) is 15.4. The molecule has 0 aliphatic rings. The number of hydrogen-bond acceptors (Lipinski definition) is 4. The molecule has 0 fully saturated rings. The van der Waals surface area contributed by atoms with Gasteiger partial charge in [-0.15, -0.1) is 5.10 Å². The van der Waals surface area contributed by atoms with Crippen molar-refractivity contribution in [3.05, 3.63) is 11.4 Å². The Balaban J connectivity index is 2.98. The van der Waals surface area contributed by atoms with Crippen LogP contribution in [-0.2, 0) is 17.8 Å². The Labute approximate surface area is 118 Å². The number of carboxylic acid groups (broad SMARTS) is 1. The molecule has 112 valence electrons. The molecular formula is C13H22N4O3. The average Bonchev–Trinajstić information content (AvgIpc) is 2.70. The zero-order valence-corrected chi connectivity index (χ0v) is 12.6. The van der Waals surface area contributed by atoms with Crippen LogP contribution in [0.3, 0.4) is 0 Å². The maximum atomic E-state index is 12.3. The Morgan fingerprint density at radius 3 is 2.20 bits per heavy atom. The van der Waals surface area contributed by atoms with Gasteiger partial charge in [0, 0.05) is 12.1 Å². The van der Waals surface area contributed by atoms with Crippen LogP contribution in [0.5, 0.6) is 0 Å². The molecule has 1 N–H and O–H groups in total. The highest BCUT2D eigenvalue weighted by Gasteiger charge is 2.24. The third-order valence-electron chi connectivity index (χ3n) is 3.06. The van der Waals surface area contributed by atoms with Gasteiger partial charge >= 0.3 is 5.97 Å². The second kappa shape index (κ2) is 6.49. The summed E-state index contributed by atoms with van der Waals surface area (Å²) in [4.78, 5) is 25.1. The van der Waals surface area contributed by atoms with Gasteiger partial charge in [-0.2, -0.15) is 0 Å². The van der Waals surface area contributed by atoms with Gasteiger partial charge in [-0.3, -0.25) is 4.79 Å². The molecule has 1 amide bonds. The number of carbonyl (C=O) groups is 2. The van der Waals surface area contributed by atoms with E-state index in [4.69, 9.17) is 5.11 Å². The van der Waals surface area contributed by atoms with E-state index in [1.54, 1.807) is 4.90 Å². The molecule has 0 aromatic carbocycles. The lowest BCUT2D eigenvalue weighted by molar-refractivity contribution is -0.135. The van der Waals surface area contributed by atoms with Crippen molar-refractivity contribution in [3.63, 3.8) is 0 Å². The number of aromatic nitrogens is 3. The van der Waals surface area contributed by atoms with Crippen LogP contribution in [0.15, 0.2) is 0 Å². The molecule has 1 aromatic heterocycles. The van der Waals surface area contributed by atoms with Crippen LogP contribution >= 0.6 is 0 Å². The molecule has 0 radical (unpaired) electrons. The summed E-state index contributed by atoms with van der Waals surface area (Å²) >= 11 is 0. The topological polar surface area (TPSA) is 88.3 Å². The summed E-state index contributed by atoms with van der Waals surface area (Å²) in [5, 5.41) is 16.4. The van der Waals surface area contributed by atoms with E-state index in [9.17, 15) is 9.59 Å². The predicted octanol–water partition coefficient (Wildman–Crippen LogP) is 1.18. The third-order valence-corrected chi connectivity index (χ3v) is 3.06. The van der Waals surface area contributed by atoms with Crippen LogP contribution < -0.4 is 0 Å². The lowest BCUT2D eigenvalue weighted by atomic mass is 10.2. The Kier molecular flexibility index (Phi) is 5.24. The molecule has 1 aromatic rings. The number of rotatable bonds is 6. The Morgan fingerprint density at radius 2 is 1.80 bits per heavy atom. The van der Waals surface area contributed by atoms with E-state index in [1.807, 2.05) is 34.6 Å². The standard InChI is InChI=1S/C13H22N4O3/c1-6-10-12(13(19)20)14-15-16(10)7-11(18)17(8(2)3)9(4)5/h8-9H,6-7H2,1-5H3,(H,19,20). The van der Waals surface area contributed by atoms with Crippen molar-refractivity contribution in [3.8, 4) is 0 Å². The molecule has 1 rings (SSSR count). The molecule has 0 saturated heterocycles. The number of amides is 1. The Morgan fingerprint density at radius 1 is 1.25 bits per heavy atom. The first-order chi connectivity index (χ1) is 9.29. The summed E-state index contributed by atoms with van der Waals surface area (Å²) < 4.78 is 1.38. The van der Waals surface area contributed by atoms with Crippen molar-refractivity contribution in [2.45, 2.75) is 59.7 Å². The first-order valence-electron chi connectivity index (χ1n) is 6.76. The molecule has 7 nitrogen and oxygen atoms in total. The van der Waals surface area contributed by atoms with Crippen molar-refractivity contribution in [2.24, 2.45) is 0 Å². The quantitative estimate of drug-likeness (QED) is 0.846. The van der Waals surface area contributed by atoms with Crippen molar-refractivity contribution in [1.29, 1.82) is 0 Å². The van der Waals surface area contributed by atoms with Crippen molar-refractivity contribution in [1.82, 2.24) is 19.9 Å². The van der Waals surface area contributed by atoms with Crippen LogP contribution in [0.1, 0.15) is 50.8 Å². The van der Waals surface area contributed by atoms with Crippen LogP contribution in [0.25, 0.3) is 0 Å². The predicted molar refractivity (Wildman–Crippen MR) is 73.5 cm³/mol. The summed E-state index contributed by atoms with van der Waals surface area (Å²) in [5.74, 6) is -1.21. The first kappa shape index (κ1) is 16.1. The van der Waals surface area contributed by atoms with Crippen molar-refractivity contribution < 1.29 is 14.7 Å². The van der Waals surface area contributed by atoms with Crippen LogP contribution in [0, 0.1) is 0 Å². The van der Waals surface area contributed by atoms with Crippen LogP contribution in [0.2, 0.25) is 0 Å². The van der Waals surface area contributed by atoms with Gasteiger partial charge in [0.05, 0.1) is 5.69 Å². The minimum atomic E-state index is -1.12. The number of carboxylic acids is 1. The summed E-state index contributed by atoms with van der Waals surface area (Å²) in [7, 11) is 0. The van der Waals surface area contributed by atoms with Gasteiger partial charge in [-0.25, -0.2) is 9.48 Å². The lowest BCUT2D eigenvalue weighted by Crippen LogP contribution is -2.44. The summed E-state index contributed by atoms with van der Waals surface area (Å²) in [6.45, 7) is 9.62. The highest BCUT2D eigenvalue weighted by molar-refractivity contribution is 5.86. The summed E-state index contributed by atoms with van der Waals surface area (Å²) in [6, 6.07) is 0.157. The van der Waals surface area contributed by atoms with Gasteiger partial charge < -0.3 is 10.0 Å². The van der Waals surface area contributed by atoms with Crippen LogP contribution in [-0.4, -0.2) is 49.0 Å². The Hall–Kier alpha value is -1.92. The van der Waals surface area contributed by atoms with Gasteiger partial charge in [0.15, 0.2) is 5.69 Å². The monoisotopic (exact) mass is 282 g/mol. The van der Waals surface area contributed by atoms with E-state index in [-0.39, 0.29) is 30.2 Å². The fourth-order valence-electron chi connectivity index (χ4n) is 2.36. The molecule has 0 unspecified atom stereocenters. The molecule has 0 aliphatic carbocycles. The van der Waals surface area contributed by atoms with E-state index >= 15 is 0 Å². The highest BCUT2D eigenvalue weighted by Crippen LogP contribution is 2.10. The highest BCUT2D eigenvalue weighted by atomic mass is 16.4. The molecule has 1 heterocycles. The summed E-state index contributed by atoms with van der Waals surface area (Å²) in [5.41, 5.74) is 0.388. The molecule has 0 spiro atoms. The second-order valence-corrected chi connectivity index (χ2v) is 5.19. The second-order valence-electron chi connectivity index (χ2n) is 5.19. The fraction of sp³-hybridized carbons (Fsp3) is 0.692. The molecule has 0 bridgehead atoms. The maximum Gasteiger partial charge on any atom is 0.358 e. The van der Waals surface area contributed by atoms with E-state index in [0.717, 1.165) is 0 Å². The minimum absolute atomic E-state index is 0.0137. The van der Waals surface area contributed by atoms with E-state index < -0.39 is 5.97 Å². The van der Waals surface area contributed by atoms with E-state index in [0.29, 0.717) is 12.1 Å². The van der Waals surface area contributed by atoms with E-state index in [2.05, 4.69) is 10.3 Å². The number of hydrogen-bond donors (Lipinski definition) is 1. The van der Waals surface area contributed by atoms with E-state index in [1.165, 1.54) is 4.68 Å². The average molecular weight is 282 g/mol. The van der Waals surface area contributed by atoms with Gasteiger partial charge in [-0.1, -0.05) is 12.1 Å². The lowest BCUT2D eigenvalue weighted by Gasteiger charge is -2.30. The maximum absolute atomic E-state index is 12.3. The molecule has 0 atom stereocenters. The molecular weight excluding hydrogens is 260 g/mol. The Bertz CT molecular complexity index is 486. The largest absolute Gasteiger partial charge is 0.476 e. The van der Waals surface area contributed by atoms with Gasteiger partial charge in [0.25, 0.3) is 0 Å². The molecule has 0 aliphatic heterocycles.